The monoisotopic (exact) mass is 323 g/mol. The lowest BCUT2D eigenvalue weighted by Crippen LogP contribution is -2.26. The number of hydrogen-bond donors (Lipinski definition) is 2. The van der Waals surface area contributed by atoms with Gasteiger partial charge in [0.15, 0.2) is 0 Å². The molecule has 0 aliphatic rings. The Labute approximate surface area is 133 Å². The third-order valence-electron chi connectivity index (χ3n) is 3.24. The maximum atomic E-state index is 12.1. The molecular weight excluding hydrogens is 309 g/mol. The molecule has 0 aliphatic carbocycles. The van der Waals surface area contributed by atoms with Gasteiger partial charge in [0.25, 0.3) is 5.91 Å². The highest BCUT2D eigenvalue weighted by Gasteiger charge is 2.11. The molecule has 1 amide bonds. The van der Waals surface area contributed by atoms with Crippen molar-refractivity contribution in [2.24, 2.45) is 0 Å². The number of benzene rings is 2. The van der Waals surface area contributed by atoms with Crippen LogP contribution in [0, 0.1) is 6.92 Å². The number of rotatable bonds is 4. The summed E-state index contributed by atoms with van der Waals surface area (Å²) in [7, 11) is 0. The molecule has 3 nitrogen and oxygen atoms in total. The first kappa shape index (κ1) is 15.7. The highest BCUT2D eigenvalue weighted by Crippen LogP contribution is 2.21. The van der Waals surface area contributed by atoms with E-state index in [2.05, 4.69) is 5.32 Å². The van der Waals surface area contributed by atoms with Gasteiger partial charge in [0, 0.05) is 27.7 Å². The van der Waals surface area contributed by atoms with E-state index in [-0.39, 0.29) is 11.7 Å². The van der Waals surface area contributed by atoms with Crippen LogP contribution < -0.4 is 5.32 Å². The van der Waals surface area contributed by atoms with E-state index in [4.69, 9.17) is 23.2 Å². The summed E-state index contributed by atoms with van der Waals surface area (Å²) in [6, 6.07) is 10.2. The van der Waals surface area contributed by atoms with Crippen molar-refractivity contribution < 1.29 is 9.90 Å². The zero-order valence-electron chi connectivity index (χ0n) is 11.5. The van der Waals surface area contributed by atoms with E-state index in [0.29, 0.717) is 34.1 Å². The fraction of sp³-hybridized carbons (Fsp3) is 0.188. The van der Waals surface area contributed by atoms with Crippen molar-refractivity contribution in [3.05, 3.63) is 63.1 Å². The van der Waals surface area contributed by atoms with E-state index in [1.54, 1.807) is 37.3 Å². The highest BCUT2D eigenvalue weighted by molar-refractivity contribution is 6.35. The van der Waals surface area contributed by atoms with Crippen LogP contribution in [0.25, 0.3) is 0 Å². The third kappa shape index (κ3) is 3.90. The third-order valence-corrected chi connectivity index (χ3v) is 3.83. The van der Waals surface area contributed by atoms with Crippen molar-refractivity contribution >= 4 is 29.1 Å². The van der Waals surface area contributed by atoms with Gasteiger partial charge in [-0.05, 0) is 43.2 Å². The van der Waals surface area contributed by atoms with Gasteiger partial charge in [0.1, 0.15) is 5.75 Å². The fourth-order valence-corrected chi connectivity index (χ4v) is 2.50. The Morgan fingerprint density at radius 3 is 2.71 bits per heavy atom. The molecule has 2 rings (SSSR count). The standard InChI is InChI=1S/C16H15Cl2NO2/c1-10-13(3-2-4-15(10)20)16(21)19-8-7-11-5-6-12(17)9-14(11)18/h2-6,9,20H,7-8H2,1H3,(H,19,21). The number of carbonyl (C=O) groups is 1. The molecule has 0 bridgehead atoms. The first-order valence-corrected chi connectivity index (χ1v) is 7.25. The van der Waals surface area contributed by atoms with E-state index in [1.165, 1.54) is 0 Å². The molecule has 0 heterocycles. The van der Waals surface area contributed by atoms with Crippen molar-refractivity contribution in [1.29, 1.82) is 0 Å². The average Bonchev–Trinajstić information content (AvgIpc) is 2.44. The minimum absolute atomic E-state index is 0.114. The van der Waals surface area contributed by atoms with Gasteiger partial charge in [-0.3, -0.25) is 4.79 Å². The minimum Gasteiger partial charge on any atom is -0.508 e. The first-order valence-electron chi connectivity index (χ1n) is 6.49. The second-order valence-electron chi connectivity index (χ2n) is 4.69. The molecular formula is C16H15Cl2NO2. The number of hydrogen-bond acceptors (Lipinski definition) is 2. The summed E-state index contributed by atoms with van der Waals surface area (Å²) >= 11 is 11.9. The molecule has 0 aliphatic heterocycles. The molecule has 0 saturated heterocycles. The van der Waals surface area contributed by atoms with Gasteiger partial charge >= 0.3 is 0 Å². The van der Waals surface area contributed by atoms with Crippen LogP contribution in [0.4, 0.5) is 0 Å². The number of amides is 1. The van der Waals surface area contributed by atoms with Gasteiger partial charge in [-0.25, -0.2) is 0 Å². The van der Waals surface area contributed by atoms with Crippen molar-refractivity contribution in [3.63, 3.8) is 0 Å². The van der Waals surface area contributed by atoms with Crippen molar-refractivity contribution in [1.82, 2.24) is 5.32 Å². The van der Waals surface area contributed by atoms with Gasteiger partial charge < -0.3 is 10.4 Å². The number of phenols is 1. The lowest BCUT2D eigenvalue weighted by Gasteiger charge is -2.09. The van der Waals surface area contributed by atoms with Gasteiger partial charge in [0.05, 0.1) is 0 Å². The van der Waals surface area contributed by atoms with Gasteiger partial charge in [0.2, 0.25) is 0 Å². The Morgan fingerprint density at radius 2 is 2.00 bits per heavy atom. The Hall–Kier alpha value is -1.71. The fourth-order valence-electron chi connectivity index (χ4n) is 2.00. The summed E-state index contributed by atoms with van der Waals surface area (Å²) in [5.41, 5.74) is 1.96. The molecule has 2 aromatic carbocycles. The van der Waals surface area contributed by atoms with Crippen LogP contribution in [0.3, 0.4) is 0 Å². The molecule has 0 radical (unpaired) electrons. The number of aromatic hydroxyl groups is 1. The minimum atomic E-state index is -0.214. The van der Waals surface area contributed by atoms with Crippen LogP contribution in [0.15, 0.2) is 36.4 Å². The number of halogens is 2. The Balaban J connectivity index is 1.97. The van der Waals surface area contributed by atoms with Crippen LogP contribution in [-0.2, 0) is 6.42 Å². The predicted molar refractivity (Wildman–Crippen MR) is 85.3 cm³/mol. The van der Waals surface area contributed by atoms with Crippen molar-refractivity contribution in [2.75, 3.05) is 6.54 Å². The van der Waals surface area contributed by atoms with Crippen molar-refractivity contribution in [3.8, 4) is 5.75 Å². The number of carbonyl (C=O) groups excluding carboxylic acids is 1. The van der Waals surface area contributed by atoms with Crippen LogP contribution in [0.1, 0.15) is 21.5 Å². The summed E-state index contributed by atoms with van der Waals surface area (Å²) in [5.74, 6) is -0.100. The molecule has 2 N–H and O–H groups in total. The molecule has 0 fully saturated rings. The largest absolute Gasteiger partial charge is 0.508 e. The molecule has 110 valence electrons. The molecule has 0 saturated carbocycles. The second-order valence-corrected chi connectivity index (χ2v) is 5.53. The summed E-state index contributed by atoms with van der Waals surface area (Å²) < 4.78 is 0. The SMILES string of the molecule is Cc1c(O)cccc1C(=O)NCCc1ccc(Cl)cc1Cl. The van der Waals surface area contributed by atoms with E-state index >= 15 is 0 Å². The maximum Gasteiger partial charge on any atom is 0.251 e. The van der Waals surface area contributed by atoms with E-state index in [9.17, 15) is 9.90 Å². The quantitative estimate of drug-likeness (QED) is 0.894. The molecule has 5 heteroatoms. The smallest absolute Gasteiger partial charge is 0.251 e. The zero-order chi connectivity index (χ0) is 15.4. The summed E-state index contributed by atoms with van der Waals surface area (Å²) in [5, 5.41) is 13.6. The summed E-state index contributed by atoms with van der Waals surface area (Å²) in [4.78, 5) is 12.1. The Kier molecular flexibility index (Phi) is 5.10. The summed E-state index contributed by atoms with van der Waals surface area (Å²) in [6.45, 7) is 2.16. The molecule has 21 heavy (non-hydrogen) atoms. The summed E-state index contributed by atoms with van der Waals surface area (Å²) in [6.07, 6.45) is 0.611. The van der Waals surface area contributed by atoms with Crippen LogP contribution >= 0.6 is 23.2 Å². The van der Waals surface area contributed by atoms with E-state index < -0.39 is 0 Å². The van der Waals surface area contributed by atoms with Crippen LogP contribution in [0.5, 0.6) is 5.75 Å². The highest BCUT2D eigenvalue weighted by atomic mass is 35.5. The van der Waals surface area contributed by atoms with Crippen LogP contribution in [0.2, 0.25) is 10.0 Å². The van der Waals surface area contributed by atoms with Gasteiger partial charge in [-0.2, -0.15) is 0 Å². The van der Waals surface area contributed by atoms with Crippen LogP contribution in [-0.4, -0.2) is 17.6 Å². The lowest BCUT2D eigenvalue weighted by atomic mass is 10.1. The Bertz CT molecular complexity index is 671. The first-order chi connectivity index (χ1) is 9.99. The van der Waals surface area contributed by atoms with Gasteiger partial charge in [-0.15, -0.1) is 0 Å². The predicted octanol–water partition coefficient (Wildman–Crippen LogP) is 3.98. The van der Waals surface area contributed by atoms with Crippen molar-refractivity contribution in [2.45, 2.75) is 13.3 Å². The van der Waals surface area contributed by atoms with Gasteiger partial charge in [-0.1, -0.05) is 35.3 Å². The second kappa shape index (κ2) is 6.83. The maximum absolute atomic E-state index is 12.1. The molecule has 0 unspecified atom stereocenters. The topological polar surface area (TPSA) is 49.3 Å². The molecule has 2 aromatic rings. The zero-order valence-corrected chi connectivity index (χ0v) is 13.0. The number of nitrogens with one attached hydrogen (secondary N) is 1. The average molecular weight is 324 g/mol. The van der Waals surface area contributed by atoms with E-state index in [0.717, 1.165) is 5.56 Å². The Morgan fingerprint density at radius 1 is 1.24 bits per heavy atom. The lowest BCUT2D eigenvalue weighted by molar-refractivity contribution is 0.0953. The number of phenolic OH excluding ortho intramolecular Hbond substituents is 1. The molecule has 0 atom stereocenters. The normalized spacial score (nSPS) is 10.4. The molecule has 0 spiro atoms. The van der Waals surface area contributed by atoms with E-state index in [1.807, 2.05) is 6.07 Å². The molecule has 0 aromatic heterocycles.